The molecule has 0 atom stereocenters. The molecule has 0 radical (unpaired) electrons. The number of piperidine rings is 1. The van der Waals surface area contributed by atoms with Crippen LogP contribution in [0.1, 0.15) is 24.8 Å². The molecule has 0 aliphatic carbocycles. The van der Waals surface area contributed by atoms with Crippen LogP contribution in [0.15, 0.2) is 36.8 Å². The number of methoxy groups -OCH3 is 1. The Morgan fingerprint density at radius 1 is 1.13 bits per heavy atom. The number of amides is 1. The third-order valence-electron chi connectivity index (χ3n) is 5.31. The highest BCUT2D eigenvalue weighted by atomic mass is 19.4. The minimum Gasteiger partial charge on any atom is -0.496 e. The van der Waals surface area contributed by atoms with Crippen molar-refractivity contribution < 1.29 is 22.7 Å². The molecule has 2 aromatic heterocycles. The number of pyridine rings is 1. The minimum absolute atomic E-state index is 0.0317. The van der Waals surface area contributed by atoms with Crippen LogP contribution in [0, 0.1) is 0 Å². The fraction of sp³-hybridized carbons (Fsp3) is 0.381. The van der Waals surface area contributed by atoms with E-state index in [1.165, 1.54) is 13.2 Å². The van der Waals surface area contributed by atoms with E-state index in [4.69, 9.17) is 4.74 Å². The van der Waals surface area contributed by atoms with Gasteiger partial charge in [-0.2, -0.15) is 13.2 Å². The van der Waals surface area contributed by atoms with E-state index in [0.717, 1.165) is 44.5 Å². The molecule has 1 aromatic carbocycles. The highest BCUT2D eigenvalue weighted by Crippen LogP contribution is 2.37. The molecule has 1 amide bonds. The van der Waals surface area contributed by atoms with Crippen molar-refractivity contribution in [1.29, 1.82) is 0 Å². The van der Waals surface area contributed by atoms with E-state index in [9.17, 15) is 18.0 Å². The smallest absolute Gasteiger partial charge is 0.416 e. The number of halogens is 3. The van der Waals surface area contributed by atoms with Crippen LogP contribution in [-0.4, -0.2) is 45.5 Å². The largest absolute Gasteiger partial charge is 0.496 e. The molecule has 0 saturated carbocycles. The first-order chi connectivity index (χ1) is 14.4. The minimum atomic E-state index is -4.45. The van der Waals surface area contributed by atoms with Crippen molar-refractivity contribution in [2.75, 3.05) is 20.2 Å². The normalized spacial score (nSPS) is 14.9. The molecule has 1 fully saturated rings. The monoisotopic (exact) mass is 418 g/mol. The molecule has 1 aliphatic heterocycles. The van der Waals surface area contributed by atoms with Gasteiger partial charge in [0.2, 0.25) is 5.91 Å². The summed E-state index contributed by atoms with van der Waals surface area (Å²) in [6.45, 7) is 1.71. The Labute approximate surface area is 171 Å². The SMILES string of the molecule is COc1cc(C(F)(F)F)ccc1-c1cnc2c(c1)ncn2CC(=O)N1CCCCC1. The average molecular weight is 418 g/mol. The maximum atomic E-state index is 13.0. The van der Waals surface area contributed by atoms with Crippen LogP contribution in [-0.2, 0) is 17.5 Å². The van der Waals surface area contributed by atoms with Crippen molar-refractivity contribution in [2.24, 2.45) is 0 Å². The number of rotatable bonds is 4. The number of carbonyl (C=O) groups is 1. The fourth-order valence-corrected chi connectivity index (χ4v) is 3.71. The molecule has 158 valence electrons. The summed E-state index contributed by atoms with van der Waals surface area (Å²) in [6.07, 6.45) is 1.85. The van der Waals surface area contributed by atoms with Gasteiger partial charge < -0.3 is 14.2 Å². The van der Waals surface area contributed by atoms with Crippen molar-refractivity contribution in [3.63, 3.8) is 0 Å². The lowest BCUT2D eigenvalue weighted by Crippen LogP contribution is -2.37. The molecule has 30 heavy (non-hydrogen) atoms. The standard InChI is InChI=1S/C21H21F3N4O2/c1-30-18-10-15(21(22,23)24)5-6-16(18)14-9-17-20(25-11-14)28(13-26-17)12-19(29)27-7-3-2-4-8-27/h5-6,9-11,13H,2-4,7-8,12H2,1H3. The number of carbonyl (C=O) groups excluding carboxylic acids is 1. The highest BCUT2D eigenvalue weighted by Gasteiger charge is 2.31. The van der Waals surface area contributed by atoms with Crippen LogP contribution in [0.3, 0.4) is 0 Å². The summed E-state index contributed by atoms with van der Waals surface area (Å²) in [7, 11) is 1.33. The molecule has 3 aromatic rings. The molecule has 9 heteroatoms. The molecule has 0 N–H and O–H groups in total. The number of fused-ring (bicyclic) bond motifs is 1. The zero-order valence-electron chi connectivity index (χ0n) is 16.4. The third kappa shape index (κ3) is 3.96. The molecular weight excluding hydrogens is 397 g/mol. The predicted octanol–water partition coefficient (Wildman–Crippen LogP) is 4.14. The van der Waals surface area contributed by atoms with E-state index >= 15 is 0 Å². The zero-order valence-corrected chi connectivity index (χ0v) is 16.4. The number of aromatic nitrogens is 3. The lowest BCUT2D eigenvalue weighted by molar-refractivity contribution is -0.137. The Morgan fingerprint density at radius 2 is 1.90 bits per heavy atom. The number of imidazole rings is 1. The lowest BCUT2D eigenvalue weighted by atomic mass is 10.0. The molecule has 3 heterocycles. The van der Waals surface area contributed by atoms with E-state index in [-0.39, 0.29) is 18.2 Å². The molecular formula is C21H21F3N4O2. The number of hydrogen-bond acceptors (Lipinski definition) is 4. The van der Waals surface area contributed by atoms with Gasteiger partial charge in [-0.15, -0.1) is 0 Å². The summed E-state index contributed by atoms with van der Waals surface area (Å²) in [5, 5.41) is 0. The van der Waals surface area contributed by atoms with Gasteiger partial charge in [-0.05, 0) is 43.5 Å². The van der Waals surface area contributed by atoms with Gasteiger partial charge in [-0.1, -0.05) is 0 Å². The van der Waals surface area contributed by atoms with E-state index in [1.807, 2.05) is 4.90 Å². The maximum Gasteiger partial charge on any atom is 0.416 e. The van der Waals surface area contributed by atoms with Crippen molar-refractivity contribution in [2.45, 2.75) is 32.0 Å². The van der Waals surface area contributed by atoms with Gasteiger partial charge in [0.1, 0.15) is 17.8 Å². The van der Waals surface area contributed by atoms with Gasteiger partial charge in [-0.25, -0.2) is 9.97 Å². The molecule has 1 saturated heterocycles. The summed E-state index contributed by atoms with van der Waals surface area (Å²) in [6, 6.07) is 5.07. The van der Waals surface area contributed by atoms with Gasteiger partial charge in [0.25, 0.3) is 0 Å². The van der Waals surface area contributed by atoms with Gasteiger partial charge in [0, 0.05) is 30.4 Å². The Balaban J connectivity index is 1.61. The first-order valence-corrected chi connectivity index (χ1v) is 9.71. The van der Waals surface area contributed by atoms with Gasteiger partial charge >= 0.3 is 6.18 Å². The summed E-state index contributed by atoms with van der Waals surface area (Å²) < 4.78 is 45.8. The van der Waals surface area contributed by atoms with Crippen LogP contribution in [0.2, 0.25) is 0 Å². The molecule has 0 spiro atoms. The van der Waals surface area contributed by atoms with Gasteiger partial charge in [0.05, 0.1) is 19.0 Å². The molecule has 0 unspecified atom stereocenters. The second-order valence-electron chi connectivity index (χ2n) is 7.29. The van der Waals surface area contributed by atoms with Crippen molar-refractivity contribution in [3.05, 3.63) is 42.4 Å². The van der Waals surface area contributed by atoms with Crippen LogP contribution >= 0.6 is 0 Å². The first kappa shape index (κ1) is 20.2. The average Bonchev–Trinajstić information content (AvgIpc) is 3.15. The van der Waals surface area contributed by atoms with E-state index in [0.29, 0.717) is 22.3 Å². The predicted molar refractivity (Wildman–Crippen MR) is 105 cm³/mol. The van der Waals surface area contributed by atoms with Crippen LogP contribution in [0.4, 0.5) is 13.2 Å². The first-order valence-electron chi connectivity index (χ1n) is 9.71. The second kappa shape index (κ2) is 7.97. The summed E-state index contributed by atoms with van der Waals surface area (Å²) in [5.41, 5.74) is 1.40. The Kier molecular flexibility index (Phi) is 5.36. The van der Waals surface area contributed by atoms with Crippen LogP contribution in [0.5, 0.6) is 5.75 Å². The van der Waals surface area contributed by atoms with Crippen LogP contribution < -0.4 is 4.74 Å². The third-order valence-corrected chi connectivity index (χ3v) is 5.31. The topological polar surface area (TPSA) is 60.3 Å². The van der Waals surface area contributed by atoms with Gasteiger partial charge in [-0.3, -0.25) is 4.79 Å². The summed E-state index contributed by atoms with van der Waals surface area (Å²) in [4.78, 5) is 23.1. The fourth-order valence-electron chi connectivity index (χ4n) is 3.71. The number of alkyl halides is 3. The Bertz CT molecular complexity index is 1070. The van der Waals surface area contributed by atoms with E-state index < -0.39 is 11.7 Å². The molecule has 0 bridgehead atoms. The van der Waals surface area contributed by atoms with E-state index in [2.05, 4.69) is 9.97 Å². The quantitative estimate of drug-likeness (QED) is 0.639. The van der Waals surface area contributed by atoms with Crippen molar-refractivity contribution in [3.8, 4) is 16.9 Å². The number of ether oxygens (including phenoxy) is 1. The van der Waals surface area contributed by atoms with E-state index in [1.54, 1.807) is 23.2 Å². The maximum absolute atomic E-state index is 13.0. The Morgan fingerprint density at radius 3 is 2.60 bits per heavy atom. The Hall–Kier alpha value is -3.10. The number of hydrogen-bond donors (Lipinski definition) is 0. The summed E-state index contributed by atoms with van der Waals surface area (Å²) >= 11 is 0. The molecule has 6 nitrogen and oxygen atoms in total. The zero-order chi connectivity index (χ0) is 21.3. The number of benzene rings is 1. The van der Waals surface area contributed by atoms with Crippen LogP contribution in [0.25, 0.3) is 22.3 Å². The van der Waals surface area contributed by atoms with Crippen molar-refractivity contribution >= 4 is 17.1 Å². The molecule has 1 aliphatic rings. The number of nitrogens with zero attached hydrogens (tertiary/aromatic N) is 4. The molecule has 4 rings (SSSR count). The lowest BCUT2D eigenvalue weighted by Gasteiger charge is -2.26. The summed E-state index contributed by atoms with van der Waals surface area (Å²) in [5.74, 6) is 0.134. The van der Waals surface area contributed by atoms with Crippen molar-refractivity contribution in [1.82, 2.24) is 19.4 Å². The number of likely N-dealkylation sites (tertiary alicyclic amines) is 1. The highest BCUT2D eigenvalue weighted by molar-refractivity contribution is 5.82. The van der Waals surface area contributed by atoms with Gasteiger partial charge in [0.15, 0.2) is 5.65 Å². The second-order valence-corrected chi connectivity index (χ2v) is 7.29.